The lowest BCUT2D eigenvalue weighted by Gasteiger charge is -2.25. The average Bonchev–Trinajstić information content (AvgIpc) is 3.00. The number of carbonyl (C=O) groups is 2. The van der Waals surface area contributed by atoms with Crippen LogP contribution >= 0.6 is 0 Å². The molecule has 4 rings (SSSR count). The van der Waals surface area contributed by atoms with E-state index in [0.717, 1.165) is 15.4 Å². The van der Waals surface area contributed by atoms with Gasteiger partial charge in [-0.1, -0.05) is 24.3 Å². The number of benzene rings is 4. The van der Waals surface area contributed by atoms with E-state index in [0.29, 0.717) is 28.3 Å². The molecule has 0 fully saturated rings. The molecule has 0 aliphatic rings. The summed E-state index contributed by atoms with van der Waals surface area (Å²) in [5.41, 5.74) is 5.42. The van der Waals surface area contributed by atoms with Crippen LogP contribution in [0.2, 0.25) is 0 Å². The minimum atomic E-state index is -4.21. The highest BCUT2D eigenvalue weighted by Crippen LogP contribution is 2.32. The predicted octanol–water partition coefficient (Wildman–Crippen LogP) is 4.89. The number of nitrogens with zero attached hydrogens (tertiary/aromatic N) is 2. The number of hydrogen-bond donors (Lipinski definition) is 1. The summed E-state index contributed by atoms with van der Waals surface area (Å²) in [4.78, 5) is 25.1. The molecule has 43 heavy (non-hydrogen) atoms. The number of methoxy groups -OCH3 is 2. The van der Waals surface area contributed by atoms with E-state index < -0.39 is 28.4 Å². The first-order valence-electron chi connectivity index (χ1n) is 13.1. The molecule has 0 aliphatic heterocycles. The molecule has 0 spiro atoms. The largest absolute Gasteiger partial charge is 0.493 e. The van der Waals surface area contributed by atoms with Crippen molar-refractivity contribution in [3.05, 3.63) is 113 Å². The Bertz CT molecular complexity index is 1720. The van der Waals surface area contributed by atoms with E-state index in [9.17, 15) is 18.0 Å². The summed E-state index contributed by atoms with van der Waals surface area (Å²) in [6, 6.07) is 24.6. The molecule has 0 heterocycles. The maximum Gasteiger partial charge on any atom is 0.343 e. The van der Waals surface area contributed by atoms with Gasteiger partial charge in [-0.05, 0) is 91.2 Å². The van der Waals surface area contributed by atoms with Crippen LogP contribution < -0.4 is 23.9 Å². The monoisotopic (exact) mass is 601 g/mol. The third-order valence-corrected chi connectivity index (χ3v) is 8.00. The Morgan fingerprint density at radius 3 is 2.12 bits per heavy atom. The fourth-order valence-corrected chi connectivity index (χ4v) is 5.64. The van der Waals surface area contributed by atoms with Crippen molar-refractivity contribution in [2.24, 2.45) is 5.10 Å². The number of aryl methyl sites for hydroxylation is 2. The molecule has 0 unspecified atom stereocenters. The molecule has 222 valence electrons. The van der Waals surface area contributed by atoms with Crippen LogP contribution in [0.5, 0.6) is 17.2 Å². The third-order valence-electron chi connectivity index (χ3n) is 6.23. The fraction of sp³-hybridized carbons (Fsp3) is 0.156. The van der Waals surface area contributed by atoms with Gasteiger partial charge in [0.25, 0.3) is 15.9 Å². The van der Waals surface area contributed by atoms with E-state index in [1.165, 1.54) is 38.6 Å². The number of hydrogen-bond acceptors (Lipinski definition) is 8. The van der Waals surface area contributed by atoms with E-state index in [4.69, 9.17) is 14.2 Å². The lowest BCUT2D eigenvalue weighted by Crippen LogP contribution is -2.39. The second kappa shape index (κ2) is 13.7. The molecular formula is C32H31N3O7S. The zero-order valence-corrected chi connectivity index (χ0v) is 24.9. The molecule has 0 saturated carbocycles. The summed E-state index contributed by atoms with van der Waals surface area (Å²) in [7, 11) is -1.35. The van der Waals surface area contributed by atoms with Gasteiger partial charge in [-0.2, -0.15) is 5.10 Å². The van der Waals surface area contributed by atoms with Gasteiger partial charge in [-0.25, -0.2) is 18.6 Å². The number of sulfonamides is 1. The molecule has 0 radical (unpaired) electrons. The zero-order valence-electron chi connectivity index (χ0n) is 24.1. The van der Waals surface area contributed by atoms with Gasteiger partial charge in [0.05, 0.1) is 36.6 Å². The Kier molecular flexibility index (Phi) is 9.79. The molecular weight excluding hydrogens is 570 g/mol. The van der Waals surface area contributed by atoms with Gasteiger partial charge in [0.15, 0.2) is 11.5 Å². The molecule has 4 aromatic rings. The normalized spacial score (nSPS) is 11.2. The number of hydrazone groups is 1. The van der Waals surface area contributed by atoms with Crippen LogP contribution in [0.1, 0.15) is 27.0 Å². The SMILES string of the molecule is COc1ccc(S(=O)(=O)N(CC(=O)N/N=C\c2ccc(OC(=O)c3ccccc3)cc2)c2cc(C)cc(C)c2)cc1OC. The van der Waals surface area contributed by atoms with Crippen molar-refractivity contribution in [2.45, 2.75) is 18.7 Å². The third kappa shape index (κ3) is 7.77. The van der Waals surface area contributed by atoms with Gasteiger partial charge in [0.1, 0.15) is 12.3 Å². The van der Waals surface area contributed by atoms with E-state index in [1.807, 2.05) is 26.0 Å². The zero-order chi connectivity index (χ0) is 31.0. The summed E-state index contributed by atoms with van der Waals surface area (Å²) >= 11 is 0. The first-order valence-corrected chi connectivity index (χ1v) is 14.6. The Hall–Kier alpha value is -5.16. The quantitative estimate of drug-likeness (QED) is 0.112. The van der Waals surface area contributed by atoms with Crippen molar-refractivity contribution < 1.29 is 32.2 Å². The van der Waals surface area contributed by atoms with Gasteiger partial charge in [-0.3, -0.25) is 9.10 Å². The lowest BCUT2D eigenvalue weighted by molar-refractivity contribution is -0.119. The molecule has 1 N–H and O–H groups in total. The minimum Gasteiger partial charge on any atom is -0.493 e. The Morgan fingerprint density at radius 2 is 1.49 bits per heavy atom. The van der Waals surface area contributed by atoms with E-state index >= 15 is 0 Å². The van der Waals surface area contributed by atoms with E-state index in [1.54, 1.807) is 60.7 Å². The highest BCUT2D eigenvalue weighted by molar-refractivity contribution is 7.92. The van der Waals surface area contributed by atoms with Gasteiger partial charge in [0, 0.05) is 6.07 Å². The van der Waals surface area contributed by atoms with Crippen LogP contribution in [0.3, 0.4) is 0 Å². The summed E-state index contributed by atoms with van der Waals surface area (Å²) < 4.78 is 44.6. The predicted molar refractivity (Wildman–Crippen MR) is 164 cm³/mol. The van der Waals surface area contributed by atoms with Gasteiger partial charge in [-0.15, -0.1) is 0 Å². The number of nitrogens with one attached hydrogen (secondary N) is 1. The number of anilines is 1. The molecule has 1 amide bonds. The van der Waals surface area contributed by atoms with Crippen molar-refractivity contribution in [2.75, 3.05) is 25.1 Å². The van der Waals surface area contributed by atoms with Gasteiger partial charge >= 0.3 is 5.97 Å². The number of amides is 1. The number of esters is 1. The van der Waals surface area contributed by atoms with E-state index in [-0.39, 0.29) is 10.6 Å². The molecule has 0 atom stereocenters. The van der Waals surface area contributed by atoms with Crippen LogP contribution in [0.15, 0.2) is 101 Å². The van der Waals surface area contributed by atoms with Crippen molar-refractivity contribution in [3.63, 3.8) is 0 Å². The smallest absolute Gasteiger partial charge is 0.343 e. The maximum absolute atomic E-state index is 13.8. The molecule has 0 bridgehead atoms. The number of rotatable bonds is 11. The summed E-state index contributed by atoms with van der Waals surface area (Å²) in [5, 5.41) is 3.98. The Labute approximate surface area is 250 Å². The van der Waals surface area contributed by atoms with Crippen molar-refractivity contribution in [1.82, 2.24) is 5.43 Å². The molecule has 10 nitrogen and oxygen atoms in total. The molecule has 0 aliphatic carbocycles. The highest BCUT2D eigenvalue weighted by atomic mass is 32.2. The standard InChI is InChI=1S/C32H31N3O7S/c1-22-16-23(2)18-26(17-22)35(43(38,39)28-14-15-29(40-3)30(19-28)41-4)21-31(36)34-33-20-24-10-12-27(13-11-24)42-32(37)25-8-6-5-7-9-25/h5-20H,21H2,1-4H3,(H,34,36)/b33-20-. The molecule has 4 aromatic carbocycles. The molecule has 0 aromatic heterocycles. The van der Waals surface area contributed by atoms with Gasteiger partial charge in [0.2, 0.25) is 0 Å². The second-order valence-electron chi connectivity index (χ2n) is 9.49. The summed E-state index contributed by atoms with van der Waals surface area (Å²) in [6.07, 6.45) is 1.39. The summed E-state index contributed by atoms with van der Waals surface area (Å²) in [5.74, 6) is -0.189. The first kappa shape index (κ1) is 30.8. The van der Waals surface area contributed by atoms with Crippen LogP contribution in [0, 0.1) is 13.8 Å². The second-order valence-corrected chi connectivity index (χ2v) is 11.4. The first-order chi connectivity index (χ1) is 20.6. The average molecular weight is 602 g/mol. The maximum atomic E-state index is 13.8. The lowest BCUT2D eigenvalue weighted by atomic mass is 10.1. The minimum absolute atomic E-state index is 0.0753. The van der Waals surface area contributed by atoms with Crippen LogP contribution in [0.4, 0.5) is 5.69 Å². The summed E-state index contributed by atoms with van der Waals surface area (Å²) in [6.45, 7) is 3.15. The molecule has 0 saturated heterocycles. The van der Waals surface area contributed by atoms with Gasteiger partial charge < -0.3 is 14.2 Å². The molecule has 11 heteroatoms. The van der Waals surface area contributed by atoms with Crippen molar-refractivity contribution in [3.8, 4) is 17.2 Å². The van der Waals surface area contributed by atoms with Crippen molar-refractivity contribution in [1.29, 1.82) is 0 Å². The van der Waals surface area contributed by atoms with Crippen LogP contribution in [0.25, 0.3) is 0 Å². The topological polar surface area (TPSA) is 124 Å². The Balaban J connectivity index is 1.49. The van der Waals surface area contributed by atoms with E-state index in [2.05, 4.69) is 10.5 Å². The Morgan fingerprint density at radius 1 is 0.837 bits per heavy atom. The fourth-order valence-electron chi connectivity index (χ4n) is 4.22. The number of ether oxygens (including phenoxy) is 3. The van der Waals surface area contributed by atoms with Crippen LogP contribution in [-0.2, 0) is 14.8 Å². The van der Waals surface area contributed by atoms with Crippen molar-refractivity contribution >= 4 is 33.8 Å². The highest BCUT2D eigenvalue weighted by Gasteiger charge is 2.28. The number of carbonyl (C=O) groups excluding carboxylic acids is 2. The van der Waals surface area contributed by atoms with Crippen LogP contribution in [-0.4, -0.2) is 47.3 Å².